The van der Waals surface area contributed by atoms with Crippen LogP contribution in [0.4, 0.5) is 5.82 Å². The summed E-state index contributed by atoms with van der Waals surface area (Å²) in [5, 5.41) is 14.4. The quantitative estimate of drug-likeness (QED) is 0.526. The van der Waals surface area contributed by atoms with Crippen LogP contribution in [0.15, 0.2) is 28.7 Å². The van der Waals surface area contributed by atoms with Gasteiger partial charge < -0.3 is 10.5 Å². The Morgan fingerprint density at radius 1 is 1.32 bits per heavy atom. The Balaban J connectivity index is 2.13. The molecule has 2 N–H and O–H groups in total. The summed E-state index contributed by atoms with van der Waals surface area (Å²) >= 11 is 3.41. The zero-order chi connectivity index (χ0) is 20.9. The number of nitriles is 1. The van der Waals surface area contributed by atoms with Crippen molar-refractivity contribution in [1.29, 1.82) is 5.26 Å². The minimum Gasteiger partial charge on any atom is -0.464 e. The maximum atomic E-state index is 12.7. The van der Waals surface area contributed by atoms with E-state index in [0.717, 1.165) is 10.0 Å². The van der Waals surface area contributed by atoms with Crippen molar-refractivity contribution >= 4 is 35.8 Å². The number of hydrogen-bond donors (Lipinski definition) is 1. The standard InChI is InChI=1S/C20H25BrN4O2Si/c1-20(2,3)28(4,5)15-11-27-19(26)17(15)25-18(23)14(10-22)16(24-25)12-6-8-13(21)9-7-12/h6-9,15,17H,11,23H2,1-5H3. The first-order valence-corrected chi connectivity index (χ1v) is 13.1. The van der Waals surface area contributed by atoms with E-state index in [1.807, 2.05) is 24.3 Å². The predicted molar refractivity (Wildman–Crippen MR) is 115 cm³/mol. The second-order valence-corrected chi connectivity index (χ2v) is 15.4. The predicted octanol–water partition coefficient (Wildman–Crippen LogP) is 4.74. The molecule has 8 heteroatoms. The summed E-state index contributed by atoms with van der Waals surface area (Å²) in [7, 11) is -1.94. The lowest BCUT2D eigenvalue weighted by Gasteiger charge is -2.42. The number of benzene rings is 1. The Bertz CT molecular complexity index is 954. The van der Waals surface area contributed by atoms with Gasteiger partial charge in [0.1, 0.15) is 23.1 Å². The van der Waals surface area contributed by atoms with Crippen molar-refractivity contribution in [2.24, 2.45) is 0 Å². The zero-order valence-corrected chi connectivity index (χ0v) is 19.4. The number of halogens is 1. The number of nitrogens with zero attached hydrogens (tertiary/aromatic N) is 3. The van der Waals surface area contributed by atoms with Gasteiger partial charge in [-0.15, -0.1) is 0 Å². The molecule has 6 nitrogen and oxygen atoms in total. The number of hydrogen-bond acceptors (Lipinski definition) is 5. The average molecular weight is 461 g/mol. The molecule has 3 rings (SSSR count). The molecule has 1 saturated heterocycles. The van der Waals surface area contributed by atoms with E-state index in [4.69, 9.17) is 10.5 Å². The highest BCUT2D eigenvalue weighted by molar-refractivity contribution is 9.10. The summed E-state index contributed by atoms with van der Waals surface area (Å²) in [6, 6.07) is 9.07. The molecule has 148 valence electrons. The van der Waals surface area contributed by atoms with Crippen molar-refractivity contribution < 1.29 is 9.53 Å². The molecule has 0 spiro atoms. The fourth-order valence-electron chi connectivity index (χ4n) is 3.52. The van der Waals surface area contributed by atoms with E-state index < -0.39 is 14.1 Å². The van der Waals surface area contributed by atoms with Crippen molar-refractivity contribution in [3.05, 3.63) is 34.3 Å². The summed E-state index contributed by atoms with van der Waals surface area (Å²) < 4.78 is 7.92. The number of cyclic esters (lactones) is 1. The summed E-state index contributed by atoms with van der Waals surface area (Å²) in [6.07, 6.45) is 0. The molecule has 1 aromatic heterocycles. The van der Waals surface area contributed by atoms with E-state index in [1.54, 1.807) is 0 Å². The highest BCUT2D eigenvalue weighted by atomic mass is 79.9. The van der Waals surface area contributed by atoms with Crippen LogP contribution in [0.3, 0.4) is 0 Å². The van der Waals surface area contributed by atoms with E-state index in [9.17, 15) is 10.1 Å². The van der Waals surface area contributed by atoms with Crippen molar-refractivity contribution in [2.75, 3.05) is 12.3 Å². The van der Waals surface area contributed by atoms with Crippen LogP contribution in [-0.4, -0.2) is 30.4 Å². The maximum Gasteiger partial charge on any atom is 0.331 e. The molecule has 2 atom stereocenters. The Morgan fingerprint density at radius 2 is 1.93 bits per heavy atom. The number of carbonyl (C=O) groups excluding carboxylic acids is 1. The normalized spacial score (nSPS) is 20.1. The smallest absolute Gasteiger partial charge is 0.331 e. The van der Waals surface area contributed by atoms with Gasteiger partial charge in [-0.2, -0.15) is 10.4 Å². The fourth-order valence-corrected chi connectivity index (χ4v) is 6.47. The molecule has 28 heavy (non-hydrogen) atoms. The SMILES string of the molecule is CC(C)(C)[Si](C)(C)C1COC(=O)C1n1nc(-c2ccc(Br)cc2)c(C#N)c1N. The third-order valence-corrected chi connectivity index (χ3v) is 13.1. The molecule has 1 fully saturated rings. The molecule has 1 aromatic carbocycles. The number of nitrogens with two attached hydrogens (primary N) is 1. The zero-order valence-electron chi connectivity index (χ0n) is 16.8. The van der Waals surface area contributed by atoms with Crippen LogP contribution in [0.25, 0.3) is 11.3 Å². The van der Waals surface area contributed by atoms with E-state index in [1.165, 1.54) is 4.68 Å². The van der Waals surface area contributed by atoms with Crippen molar-refractivity contribution in [3.63, 3.8) is 0 Å². The van der Waals surface area contributed by atoms with Crippen LogP contribution in [0.5, 0.6) is 0 Å². The molecule has 0 saturated carbocycles. The number of nitrogen functional groups attached to an aromatic ring is 1. The van der Waals surface area contributed by atoms with Gasteiger partial charge in [0.05, 0.1) is 14.7 Å². The first kappa shape index (κ1) is 20.6. The van der Waals surface area contributed by atoms with Crippen LogP contribution in [0.2, 0.25) is 23.7 Å². The van der Waals surface area contributed by atoms with E-state index in [-0.39, 0.29) is 27.9 Å². The number of rotatable bonds is 3. The molecule has 0 amide bonds. The highest BCUT2D eigenvalue weighted by Crippen LogP contribution is 2.51. The van der Waals surface area contributed by atoms with Crippen molar-refractivity contribution in [1.82, 2.24) is 9.78 Å². The van der Waals surface area contributed by atoms with Crippen LogP contribution in [-0.2, 0) is 9.53 Å². The summed E-state index contributed by atoms with van der Waals surface area (Å²) in [5.74, 6) is -0.108. The molecular weight excluding hydrogens is 436 g/mol. The lowest BCUT2D eigenvalue weighted by molar-refractivity contribution is -0.140. The van der Waals surface area contributed by atoms with Crippen LogP contribution >= 0.6 is 15.9 Å². The third kappa shape index (κ3) is 3.27. The van der Waals surface area contributed by atoms with Gasteiger partial charge in [0.2, 0.25) is 0 Å². The second kappa shape index (κ2) is 7.05. The van der Waals surface area contributed by atoms with Gasteiger partial charge in [-0.25, -0.2) is 9.48 Å². The van der Waals surface area contributed by atoms with E-state index >= 15 is 0 Å². The first-order valence-electron chi connectivity index (χ1n) is 9.19. The summed E-state index contributed by atoms with van der Waals surface area (Å²) in [6.45, 7) is 11.5. The maximum absolute atomic E-state index is 12.7. The number of ether oxygens (including phenoxy) is 1. The summed E-state index contributed by atoms with van der Waals surface area (Å²) in [5.41, 5.74) is 7.89. The topological polar surface area (TPSA) is 93.9 Å². The second-order valence-electron chi connectivity index (χ2n) is 8.83. The molecule has 0 radical (unpaired) electrons. The molecule has 1 aliphatic rings. The van der Waals surface area contributed by atoms with Crippen molar-refractivity contribution in [3.8, 4) is 17.3 Å². The molecule has 2 heterocycles. The molecule has 2 unspecified atom stereocenters. The lowest BCUT2D eigenvalue weighted by atomic mass is 10.1. The van der Waals surface area contributed by atoms with Crippen LogP contribution < -0.4 is 5.73 Å². The molecule has 2 aromatic rings. The van der Waals surface area contributed by atoms with Gasteiger partial charge >= 0.3 is 5.97 Å². The Kier molecular flexibility index (Phi) is 5.19. The lowest BCUT2D eigenvalue weighted by Crippen LogP contribution is -2.46. The fraction of sp³-hybridized carbons (Fsp3) is 0.450. The molecular formula is C20H25BrN4O2Si. The monoisotopic (exact) mass is 460 g/mol. The van der Waals surface area contributed by atoms with Gasteiger partial charge in [-0.05, 0) is 17.2 Å². The highest BCUT2D eigenvalue weighted by Gasteiger charge is 2.53. The molecule has 0 bridgehead atoms. The molecule has 0 aliphatic carbocycles. The molecule has 1 aliphatic heterocycles. The minimum atomic E-state index is -1.94. The van der Waals surface area contributed by atoms with Crippen molar-refractivity contribution in [2.45, 2.75) is 50.5 Å². The van der Waals surface area contributed by atoms with Gasteiger partial charge in [-0.3, -0.25) is 0 Å². The van der Waals surface area contributed by atoms with Crippen LogP contribution in [0.1, 0.15) is 32.4 Å². The van der Waals surface area contributed by atoms with Gasteiger partial charge in [-0.1, -0.05) is 61.9 Å². The average Bonchev–Trinajstić information content (AvgIpc) is 3.14. The Morgan fingerprint density at radius 3 is 2.46 bits per heavy atom. The third-order valence-electron chi connectivity index (χ3n) is 6.33. The van der Waals surface area contributed by atoms with E-state index in [0.29, 0.717) is 12.3 Å². The Hall–Kier alpha value is -2.11. The van der Waals surface area contributed by atoms with Gasteiger partial charge in [0.25, 0.3) is 0 Å². The minimum absolute atomic E-state index is 0.0199. The largest absolute Gasteiger partial charge is 0.464 e. The van der Waals surface area contributed by atoms with Gasteiger partial charge in [0, 0.05) is 15.6 Å². The van der Waals surface area contributed by atoms with Crippen LogP contribution in [0, 0.1) is 11.3 Å². The van der Waals surface area contributed by atoms with E-state index in [2.05, 4.69) is 61.0 Å². The van der Waals surface area contributed by atoms with Gasteiger partial charge in [0.15, 0.2) is 6.04 Å². The number of carbonyl (C=O) groups is 1. The number of aromatic nitrogens is 2. The number of esters is 1. The summed E-state index contributed by atoms with van der Waals surface area (Å²) in [4.78, 5) is 12.7. The Labute approximate surface area is 174 Å². The first-order chi connectivity index (χ1) is 13.0. The number of anilines is 1.